The van der Waals surface area contributed by atoms with Crippen molar-refractivity contribution in [3.63, 3.8) is 0 Å². The van der Waals surface area contributed by atoms with Crippen molar-refractivity contribution in [2.45, 2.75) is 108 Å². The van der Waals surface area contributed by atoms with E-state index in [9.17, 15) is 0 Å². The van der Waals surface area contributed by atoms with Crippen LogP contribution in [-0.2, 0) is 9.47 Å². The zero-order chi connectivity index (χ0) is 30.8. The van der Waals surface area contributed by atoms with Gasteiger partial charge < -0.3 is 23.7 Å². The van der Waals surface area contributed by atoms with Gasteiger partial charge in [-0.05, 0) is 115 Å². The molecule has 3 aromatic rings. The normalized spacial score (nSPS) is 22.6. The van der Waals surface area contributed by atoms with Crippen LogP contribution in [-0.4, -0.2) is 45.7 Å². The molecule has 5 heteroatoms. The van der Waals surface area contributed by atoms with Crippen LogP contribution in [0, 0.1) is 13.8 Å². The van der Waals surface area contributed by atoms with E-state index in [0.29, 0.717) is 25.0 Å². The van der Waals surface area contributed by atoms with Crippen molar-refractivity contribution in [2.24, 2.45) is 0 Å². The summed E-state index contributed by atoms with van der Waals surface area (Å²) in [5, 5.41) is 0. The summed E-state index contributed by atoms with van der Waals surface area (Å²) in [5.74, 6) is 4.14. The molecule has 4 aliphatic rings. The van der Waals surface area contributed by atoms with E-state index in [4.69, 9.17) is 23.7 Å². The van der Waals surface area contributed by atoms with Crippen LogP contribution in [0.3, 0.4) is 0 Å². The lowest BCUT2D eigenvalue weighted by Gasteiger charge is -2.30. The first-order valence-electron chi connectivity index (χ1n) is 17.5. The van der Waals surface area contributed by atoms with Crippen LogP contribution in [0.5, 0.6) is 17.2 Å². The molecule has 7 rings (SSSR count). The highest BCUT2D eigenvalue weighted by Gasteiger charge is 2.31. The van der Waals surface area contributed by atoms with Crippen molar-refractivity contribution in [2.75, 3.05) is 33.5 Å². The highest BCUT2D eigenvalue weighted by molar-refractivity contribution is 5.56. The fourth-order valence-electron chi connectivity index (χ4n) is 7.79. The molecule has 2 aliphatic carbocycles. The molecule has 0 spiro atoms. The predicted octanol–water partition coefficient (Wildman–Crippen LogP) is 9.14. The molecule has 3 aromatic carbocycles. The topological polar surface area (TPSA) is 52.8 Å². The van der Waals surface area contributed by atoms with E-state index >= 15 is 0 Å². The molecule has 0 amide bonds. The number of ether oxygens (including phenoxy) is 5. The zero-order valence-corrected chi connectivity index (χ0v) is 27.4. The van der Waals surface area contributed by atoms with Gasteiger partial charge in [0.1, 0.15) is 42.7 Å². The molecule has 0 N–H and O–H groups in total. The number of epoxide rings is 2. The van der Waals surface area contributed by atoms with Crippen molar-refractivity contribution < 1.29 is 23.7 Å². The smallest absolute Gasteiger partial charge is 0.123 e. The molecule has 5 nitrogen and oxygen atoms in total. The Morgan fingerprint density at radius 1 is 0.644 bits per heavy atom. The first-order chi connectivity index (χ1) is 22.1. The van der Waals surface area contributed by atoms with Gasteiger partial charge in [0.15, 0.2) is 0 Å². The van der Waals surface area contributed by atoms with Gasteiger partial charge in [0, 0.05) is 5.92 Å². The van der Waals surface area contributed by atoms with Gasteiger partial charge in [-0.1, -0.05) is 62.8 Å². The van der Waals surface area contributed by atoms with E-state index in [1.807, 2.05) is 0 Å². The summed E-state index contributed by atoms with van der Waals surface area (Å²) in [7, 11) is 1.74. The van der Waals surface area contributed by atoms with Crippen LogP contribution >= 0.6 is 0 Å². The lowest BCUT2D eigenvalue weighted by Crippen LogP contribution is -2.15. The van der Waals surface area contributed by atoms with Crippen LogP contribution in [0.1, 0.15) is 121 Å². The quantitative estimate of drug-likeness (QED) is 0.151. The molecular formula is C40H50O5. The van der Waals surface area contributed by atoms with E-state index < -0.39 is 0 Å². The van der Waals surface area contributed by atoms with Crippen molar-refractivity contribution >= 4 is 0 Å². The minimum atomic E-state index is 0.0854. The highest BCUT2D eigenvalue weighted by atomic mass is 16.6. The second-order valence-corrected chi connectivity index (χ2v) is 13.9. The number of benzene rings is 3. The van der Waals surface area contributed by atoms with Gasteiger partial charge in [-0.25, -0.2) is 0 Å². The number of aryl methyl sites for hydroxylation is 2. The Morgan fingerprint density at radius 3 is 1.49 bits per heavy atom. The van der Waals surface area contributed by atoms with Gasteiger partial charge in [-0.2, -0.15) is 0 Å². The Labute approximate surface area is 269 Å². The summed E-state index contributed by atoms with van der Waals surface area (Å²) in [5.41, 5.74) is 9.32. The van der Waals surface area contributed by atoms with Gasteiger partial charge in [-0.3, -0.25) is 0 Å². The zero-order valence-electron chi connectivity index (χ0n) is 27.4. The molecule has 2 atom stereocenters. The summed E-state index contributed by atoms with van der Waals surface area (Å²) < 4.78 is 29.6. The van der Waals surface area contributed by atoms with Crippen LogP contribution in [0.2, 0.25) is 0 Å². The third-order valence-corrected chi connectivity index (χ3v) is 10.6. The van der Waals surface area contributed by atoms with E-state index in [1.165, 1.54) is 103 Å². The predicted molar refractivity (Wildman–Crippen MR) is 178 cm³/mol. The monoisotopic (exact) mass is 610 g/mol. The molecule has 0 aromatic heterocycles. The SMILES string of the molecule is COc1ccc(C(c2cc(C3CCCCC3)c(OCC3CO3)cc2C)c2cc(C3CCCCC3)c(OCC3CO3)cc2C)cc1. The van der Waals surface area contributed by atoms with E-state index in [1.54, 1.807) is 7.11 Å². The Hall–Kier alpha value is -3.02. The average Bonchev–Trinajstić information content (AvgIpc) is 4.02. The fourth-order valence-corrected chi connectivity index (χ4v) is 7.79. The first-order valence-corrected chi connectivity index (χ1v) is 17.5. The summed E-state index contributed by atoms with van der Waals surface area (Å²) >= 11 is 0. The Kier molecular flexibility index (Phi) is 9.37. The van der Waals surface area contributed by atoms with Crippen LogP contribution in [0.25, 0.3) is 0 Å². The number of hydrogen-bond acceptors (Lipinski definition) is 5. The Balaban J connectivity index is 1.35. The highest BCUT2D eigenvalue weighted by Crippen LogP contribution is 2.46. The Morgan fingerprint density at radius 2 is 1.09 bits per heavy atom. The molecule has 4 fully saturated rings. The van der Waals surface area contributed by atoms with E-state index in [2.05, 4.69) is 62.4 Å². The summed E-state index contributed by atoms with van der Waals surface area (Å²) in [6.45, 7) is 7.43. The van der Waals surface area contributed by atoms with Crippen molar-refractivity contribution in [3.8, 4) is 17.2 Å². The molecule has 2 unspecified atom stereocenters. The number of methoxy groups -OCH3 is 1. The summed E-state index contributed by atoms with van der Waals surface area (Å²) in [6.07, 6.45) is 13.2. The average molecular weight is 611 g/mol. The molecule has 2 saturated heterocycles. The first kappa shape index (κ1) is 30.6. The molecule has 240 valence electrons. The van der Waals surface area contributed by atoms with Crippen LogP contribution < -0.4 is 14.2 Å². The lowest BCUT2D eigenvalue weighted by atomic mass is 9.76. The van der Waals surface area contributed by atoms with Gasteiger partial charge in [-0.15, -0.1) is 0 Å². The minimum Gasteiger partial charge on any atom is -0.497 e. The van der Waals surface area contributed by atoms with Crippen molar-refractivity contribution in [1.29, 1.82) is 0 Å². The maximum absolute atomic E-state index is 6.49. The molecular weight excluding hydrogens is 560 g/mol. The molecule has 45 heavy (non-hydrogen) atoms. The van der Waals surface area contributed by atoms with Crippen LogP contribution in [0.15, 0.2) is 48.5 Å². The third kappa shape index (κ3) is 7.20. The maximum Gasteiger partial charge on any atom is 0.123 e. The van der Waals surface area contributed by atoms with Gasteiger partial charge in [0.05, 0.1) is 20.3 Å². The molecule has 2 aliphatic heterocycles. The van der Waals surface area contributed by atoms with Gasteiger partial charge in [0.2, 0.25) is 0 Å². The standard InChI is InChI=1S/C40H50O5/c1-26-18-38(44-24-32-22-42-32)36(28-10-6-4-7-11-28)20-34(26)40(30-14-16-31(41-3)17-15-30)35-21-37(29-12-8-5-9-13-29)39(19-27(35)2)45-25-33-23-43-33/h14-21,28-29,32-33,40H,4-13,22-25H2,1-3H3. The summed E-state index contributed by atoms with van der Waals surface area (Å²) in [6, 6.07) is 18.4. The largest absolute Gasteiger partial charge is 0.497 e. The fraction of sp³-hybridized carbons (Fsp3) is 0.550. The van der Waals surface area contributed by atoms with E-state index in [-0.39, 0.29) is 18.1 Å². The second kappa shape index (κ2) is 13.8. The van der Waals surface area contributed by atoms with Crippen LogP contribution in [0.4, 0.5) is 0 Å². The lowest BCUT2D eigenvalue weighted by molar-refractivity contribution is 0.258. The minimum absolute atomic E-state index is 0.0854. The maximum atomic E-state index is 6.49. The number of hydrogen-bond donors (Lipinski definition) is 0. The van der Waals surface area contributed by atoms with Crippen molar-refractivity contribution in [1.82, 2.24) is 0 Å². The van der Waals surface area contributed by atoms with Gasteiger partial charge >= 0.3 is 0 Å². The second-order valence-electron chi connectivity index (χ2n) is 13.9. The van der Waals surface area contributed by atoms with E-state index in [0.717, 1.165) is 30.5 Å². The molecule has 2 heterocycles. The summed E-state index contributed by atoms with van der Waals surface area (Å²) in [4.78, 5) is 0. The van der Waals surface area contributed by atoms with Crippen molar-refractivity contribution in [3.05, 3.63) is 87.5 Å². The number of rotatable bonds is 12. The molecule has 0 bridgehead atoms. The molecule has 2 saturated carbocycles. The Bertz CT molecular complexity index is 1350. The molecule has 0 radical (unpaired) electrons. The van der Waals surface area contributed by atoms with Gasteiger partial charge in [0.25, 0.3) is 0 Å². The third-order valence-electron chi connectivity index (χ3n) is 10.6.